The van der Waals surface area contributed by atoms with Crippen LogP contribution in [0.25, 0.3) is 11.0 Å². The van der Waals surface area contributed by atoms with Crippen molar-refractivity contribution >= 4 is 16.9 Å². The number of hydrogen-bond acceptors (Lipinski definition) is 2. The second kappa shape index (κ2) is 6.48. The lowest BCUT2D eigenvalue weighted by Crippen LogP contribution is -2.28. The van der Waals surface area contributed by atoms with Gasteiger partial charge in [0.05, 0.1) is 0 Å². The molecule has 2 aromatic carbocycles. The first kappa shape index (κ1) is 14.4. The van der Waals surface area contributed by atoms with Crippen molar-refractivity contribution in [1.29, 1.82) is 0 Å². The van der Waals surface area contributed by atoms with Gasteiger partial charge in [-0.15, -0.1) is 0 Å². The normalized spacial score (nSPS) is 12.2. The van der Waals surface area contributed by atoms with Gasteiger partial charge in [-0.3, -0.25) is 4.79 Å². The van der Waals surface area contributed by atoms with Gasteiger partial charge >= 0.3 is 0 Å². The third kappa shape index (κ3) is 3.03. The predicted molar refractivity (Wildman–Crippen MR) is 87.5 cm³/mol. The predicted octanol–water partition coefficient (Wildman–Crippen LogP) is 4.44. The highest BCUT2D eigenvalue weighted by molar-refractivity contribution is 5.79. The summed E-state index contributed by atoms with van der Waals surface area (Å²) in [5.74, 6) is 0.800. The van der Waals surface area contributed by atoms with E-state index in [1.807, 2.05) is 67.6 Å². The molecule has 0 saturated heterocycles. The van der Waals surface area contributed by atoms with E-state index in [1.54, 1.807) is 0 Å². The number of amides is 1. The molecule has 3 rings (SSSR count). The summed E-state index contributed by atoms with van der Waals surface area (Å²) in [6, 6.07) is 19.5. The third-order valence-corrected chi connectivity index (χ3v) is 3.64. The molecule has 1 amide bonds. The Morgan fingerprint density at radius 3 is 2.55 bits per heavy atom. The zero-order valence-corrected chi connectivity index (χ0v) is 12.6. The van der Waals surface area contributed by atoms with Crippen molar-refractivity contribution < 1.29 is 9.21 Å². The molecule has 0 bridgehead atoms. The fourth-order valence-corrected chi connectivity index (χ4v) is 2.57. The number of furan rings is 1. The van der Waals surface area contributed by atoms with Gasteiger partial charge in [0.1, 0.15) is 17.4 Å². The Kier molecular flexibility index (Phi) is 4.24. The Balaban J connectivity index is 1.98. The first-order valence-corrected chi connectivity index (χ1v) is 7.60. The Hall–Kier alpha value is -2.55. The van der Waals surface area contributed by atoms with Crippen LogP contribution in [-0.2, 0) is 4.79 Å². The maximum Gasteiger partial charge on any atom is 0.220 e. The van der Waals surface area contributed by atoms with Gasteiger partial charge in [-0.2, -0.15) is 0 Å². The third-order valence-electron chi connectivity index (χ3n) is 3.64. The van der Waals surface area contributed by atoms with Crippen molar-refractivity contribution in [3.05, 3.63) is 72.0 Å². The minimum Gasteiger partial charge on any atom is -0.459 e. The van der Waals surface area contributed by atoms with E-state index in [9.17, 15) is 4.79 Å². The summed E-state index contributed by atoms with van der Waals surface area (Å²) >= 11 is 0. The van der Waals surface area contributed by atoms with Crippen molar-refractivity contribution in [3.63, 3.8) is 0 Å². The molecular formula is C19H19NO2. The molecule has 0 saturated carbocycles. The van der Waals surface area contributed by atoms with Gasteiger partial charge in [0.2, 0.25) is 5.91 Å². The van der Waals surface area contributed by atoms with Gasteiger partial charge in [0.15, 0.2) is 0 Å². The summed E-state index contributed by atoms with van der Waals surface area (Å²) in [4.78, 5) is 12.1. The minimum atomic E-state index is -0.257. The lowest BCUT2D eigenvalue weighted by molar-refractivity contribution is -0.121. The standard InChI is InChI=1S/C19H19NO2/c1-2-8-18(21)20-19(14-9-4-3-5-10-14)17-13-15-11-6-7-12-16(15)22-17/h3-7,9-13,19H,2,8H2,1H3,(H,20,21). The molecule has 1 N–H and O–H groups in total. The van der Waals surface area contributed by atoms with Crippen LogP contribution in [0.15, 0.2) is 65.1 Å². The number of benzene rings is 2. The first-order chi connectivity index (χ1) is 10.8. The monoisotopic (exact) mass is 293 g/mol. The Morgan fingerprint density at radius 1 is 1.09 bits per heavy atom. The van der Waals surface area contributed by atoms with Gasteiger partial charge in [-0.25, -0.2) is 0 Å². The molecule has 1 unspecified atom stereocenters. The quantitative estimate of drug-likeness (QED) is 0.755. The first-order valence-electron chi connectivity index (χ1n) is 7.60. The molecular weight excluding hydrogens is 274 g/mol. The molecule has 3 aromatic rings. The van der Waals surface area contributed by atoms with Gasteiger partial charge < -0.3 is 9.73 Å². The van der Waals surface area contributed by atoms with Crippen LogP contribution in [0.4, 0.5) is 0 Å². The zero-order valence-electron chi connectivity index (χ0n) is 12.6. The van der Waals surface area contributed by atoms with E-state index >= 15 is 0 Å². The summed E-state index contributed by atoms with van der Waals surface area (Å²) in [5, 5.41) is 4.12. The number of rotatable bonds is 5. The zero-order chi connectivity index (χ0) is 15.4. The molecule has 1 heterocycles. The SMILES string of the molecule is CCCC(=O)NC(c1ccccc1)c1cc2ccccc2o1. The van der Waals surface area contributed by atoms with Crippen molar-refractivity contribution in [2.75, 3.05) is 0 Å². The Morgan fingerprint density at radius 2 is 1.82 bits per heavy atom. The van der Waals surface area contributed by atoms with Crippen molar-refractivity contribution in [2.24, 2.45) is 0 Å². The fourth-order valence-electron chi connectivity index (χ4n) is 2.57. The minimum absolute atomic E-state index is 0.0387. The lowest BCUT2D eigenvalue weighted by atomic mass is 10.0. The largest absolute Gasteiger partial charge is 0.459 e. The lowest BCUT2D eigenvalue weighted by Gasteiger charge is -2.17. The van der Waals surface area contributed by atoms with Crippen LogP contribution in [0.5, 0.6) is 0 Å². The number of carbonyl (C=O) groups excluding carboxylic acids is 1. The highest BCUT2D eigenvalue weighted by Gasteiger charge is 2.20. The topological polar surface area (TPSA) is 42.2 Å². The number of carbonyl (C=O) groups is 1. The molecule has 22 heavy (non-hydrogen) atoms. The van der Waals surface area contributed by atoms with Gasteiger partial charge in [-0.1, -0.05) is 55.5 Å². The fraction of sp³-hybridized carbons (Fsp3) is 0.211. The highest BCUT2D eigenvalue weighted by atomic mass is 16.3. The average Bonchev–Trinajstić information content (AvgIpc) is 2.97. The summed E-state index contributed by atoms with van der Waals surface area (Å²) < 4.78 is 5.95. The maximum atomic E-state index is 12.1. The summed E-state index contributed by atoms with van der Waals surface area (Å²) in [6.45, 7) is 2.00. The van der Waals surface area contributed by atoms with Crippen LogP contribution < -0.4 is 5.32 Å². The van der Waals surface area contributed by atoms with Crippen LogP contribution >= 0.6 is 0 Å². The molecule has 0 aliphatic rings. The molecule has 0 radical (unpaired) electrons. The number of para-hydroxylation sites is 1. The maximum absolute atomic E-state index is 12.1. The number of hydrogen-bond donors (Lipinski definition) is 1. The molecule has 0 aliphatic carbocycles. The average molecular weight is 293 g/mol. The van der Waals surface area contributed by atoms with Crippen LogP contribution in [0, 0.1) is 0 Å². The number of nitrogens with one attached hydrogen (secondary N) is 1. The molecule has 0 fully saturated rings. The summed E-state index contributed by atoms with van der Waals surface area (Å²) in [7, 11) is 0. The Bertz CT molecular complexity index is 728. The van der Waals surface area contributed by atoms with Crippen molar-refractivity contribution in [1.82, 2.24) is 5.32 Å². The molecule has 0 spiro atoms. The smallest absolute Gasteiger partial charge is 0.220 e. The molecule has 3 heteroatoms. The Labute approximate surface area is 130 Å². The summed E-state index contributed by atoms with van der Waals surface area (Å²) in [5.41, 5.74) is 1.86. The second-order valence-corrected chi connectivity index (χ2v) is 5.35. The van der Waals surface area contributed by atoms with Gasteiger partial charge in [0, 0.05) is 11.8 Å². The van der Waals surface area contributed by atoms with E-state index in [2.05, 4.69) is 5.32 Å². The van der Waals surface area contributed by atoms with E-state index < -0.39 is 0 Å². The van der Waals surface area contributed by atoms with Crippen molar-refractivity contribution in [3.8, 4) is 0 Å². The van der Waals surface area contributed by atoms with Gasteiger partial charge in [-0.05, 0) is 24.1 Å². The van der Waals surface area contributed by atoms with Crippen LogP contribution in [-0.4, -0.2) is 5.91 Å². The number of fused-ring (bicyclic) bond motifs is 1. The van der Waals surface area contributed by atoms with E-state index in [1.165, 1.54) is 0 Å². The van der Waals surface area contributed by atoms with E-state index in [0.717, 1.165) is 28.7 Å². The second-order valence-electron chi connectivity index (χ2n) is 5.35. The van der Waals surface area contributed by atoms with E-state index in [-0.39, 0.29) is 11.9 Å². The van der Waals surface area contributed by atoms with Crippen LogP contribution in [0.3, 0.4) is 0 Å². The van der Waals surface area contributed by atoms with E-state index in [4.69, 9.17) is 4.42 Å². The van der Waals surface area contributed by atoms with Gasteiger partial charge in [0.25, 0.3) is 0 Å². The highest BCUT2D eigenvalue weighted by Crippen LogP contribution is 2.28. The van der Waals surface area contributed by atoms with E-state index in [0.29, 0.717) is 6.42 Å². The van der Waals surface area contributed by atoms with Crippen LogP contribution in [0.2, 0.25) is 0 Å². The summed E-state index contributed by atoms with van der Waals surface area (Å²) in [6.07, 6.45) is 1.34. The molecule has 0 aliphatic heterocycles. The molecule has 1 atom stereocenters. The molecule has 1 aromatic heterocycles. The molecule has 3 nitrogen and oxygen atoms in total. The van der Waals surface area contributed by atoms with Crippen LogP contribution in [0.1, 0.15) is 37.1 Å². The molecule has 112 valence electrons. The van der Waals surface area contributed by atoms with Crippen molar-refractivity contribution in [2.45, 2.75) is 25.8 Å².